The summed E-state index contributed by atoms with van der Waals surface area (Å²) in [7, 11) is 0. The third-order valence-electron chi connectivity index (χ3n) is 3.67. The molecule has 0 saturated heterocycles. The lowest BCUT2D eigenvalue weighted by Crippen LogP contribution is -2.54. The second kappa shape index (κ2) is 7.42. The minimum Gasteiger partial charge on any atom is -0.405 e. The van der Waals surface area contributed by atoms with E-state index >= 15 is 0 Å². The monoisotopic (exact) mass is 412 g/mol. The molecule has 28 heavy (non-hydrogen) atoms. The Kier molecular flexibility index (Phi) is 5.74. The molecule has 0 radical (unpaired) electrons. The summed E-state index contributed by atoms with van der Waals surface area (Å²) in [6.45, 7) is 0. The second-order valence-corrected chi connectivity index (χ2v) is 5.63. The molecule has 0 amide bonds. The van der Waals surface area contributed by atoms with E-state index < -0.39 is 35.4 Å². The van der Waals surface area contributed by atoms with Crippen LogP contribution in [0.1, 0.15) is 11.1 Å². The van der Waals surface area contributed by atoms with Crippen molar-refractivity contribution in [1.82, 2.24) is 0 Å². The van der Waals surface area contributed by atoms with E-state index in [2.05, 4.69) is 4.74 Å². The molecule has 0 saturated carbocycles. The van der Waals surface area contributed by atoms with Crippen molar-refractivity contribution < 1.29 is 45.0 Å². The van der Waals surface area contributed by atoms with E-state index in [0.717, 1.165) is 18.2 Å². The van der Waals surface area contributed by atoms with Gasteiger partial charge in [0.05, 0.1) is 0 Å². The molecule has 0 spiro atoms. The molecule has 2 rings (SSSR count). The first kappa shape index (κ1) is 21.7. The summed E-state index contributed by atoms with van der Waals surface area (Å²) in [4.78, 5) is 0. The van der Waals surface area contributed by atoms with Gasteiger partial charge in [-0.25, -0.2) is 0 Å². The average molecular weight is 412 g/mol. The molecule has 2 aromatic carbocycles. The van der Waals surface area contributed by atoms with Crippen LogP contribution in [0.2, 0.25) is 0 Å². The highest BCUT2D eigenvalue weighted by molar-refractivity contribution is 5.54. The maximum absolute atomic E-state index is 14.2. The summed E-state index contributed by atoms with van der Waals surface area (Å²) in [5, 5.41) is 10.4. The third kappa shape index (κ3) is 4.44. The SMILES string of the molecule is OC(/C=C/c1ccccc1)(c1ccccc1OC(F)(F)F)C(F)(F)C(F)(F)F. The molecule has 0 aliphatic rings. The second-order valence-electron chi connectivity index (χ2n) is 5.63. The van der Waals surface area contributed by atoms with E-state index in [1.54, 1.807) is 6.07 Å². The number of ether oxygens (including phenoxy) is 1. The van der Waals surface area contributed by atoms with E-state index in [9.17, 15) is 40.2 Å². The largest absolute Gasteiger partial charge is 0.573 e. The van der Waals surface area contributed by atoms with Crippen LogP contribution in [0.4, 0.5) is 35.1 Å². The van der Waals surface area contributed by atoms with Gasteiger partial charge in [0.15, 0.2) is 5.60 Å². The lowest BCUT2D eigenvalue weighted by atomic mass is 9.85. The number of alkyl halides is 8. The predicted molar refractivity (Wildman–Crippen MR) is 83.5 cm³/mol. The molecule has 0 fully saturated rings. The van der Waals surface area contributed by atoms with Crippen molar-refractivity contribution in [3.63, 3.8) is 0 Å². The van der Waals surface area contributed by atoms with Crippen LogP contribution >= 0.6 is 0 Å². The molecule has 1 unspecified atom stereocenters. The van der Waals surface area contributed by atoms with Crippen LogP contribution in [-0.2, 0) is 5.60 Å². The maximum atomic E-state index is 14.2. The van der Waals surface area contributed by atoms with Crippen molar-refractivity contribution >= 4 is 6.08 Å². The Morgan fingerprint density at radius 2 is 1.29 bits per heavy atom. The number of hydrogen-bond acceptors (Lipinski definition) is 2. The number of halogens is 8. The van der Waals surface area contributed by atoms with Gasteiger partial charge < -0.3 is 9.84 Å². The molecule has 152 valence electrons. The fourth-order valence-corrected chi connectivity index (χ4v) is 2.36. The number of aliphatic hydroxyl groups is 1. The van der Waals surface area contributed by atoms with Crippen LogP contribution in [0, 0.1) is 0 Å². The van der Waals surface area contributed by atoms with Crippen molar-refractivity contribution in [1.29, 1.82) is 0 Å². The van der Waals surface area contributed by atoms with Gasteiger partial charge in [-0.1, -0.05) is 54.6 Å². The summed E-state index contributed by atoms with van der Waals surface area (Å²) in [6.07, 6.45) is -10.8. The lowest BCUT2D eigenvalue weighted by molar-refractivity contribution is -0.335. The normalized spacial score (nSPS) is 15.5. The van der Waals surface area contributed by atoms with Crippen molar-refractivity contribution in [3.05, 3.63) is 71.8 Å². The Balaban J connectivity index is 2.68. The summed E-state index contributed by atoms with van der Waals surface area (Å²) in [6, 6.07) is 9.95. The highest BCUT2D eigenvalue weighted by atomic mass is 19.4. The molecule has 0 aliphatic carbocycles. The third-order valence-corrected chi connectivity index (χ3v) is 3.67. The fraction of sp³-hybridized carbons (Fsp3) is 0.222. The van der Waals surface area contributed by atoms with Crippen LogP contribution in [0.25, 0.3) is 6.08 Å². The Labute approximate surface area is 153 Å². The lowest BCUT2D eigenvalue weighted by Gasteiger charge is -2.35. The van der Waals surface area contributed by atoms with Crippen LogP contribution in [0.3, 0.4) is 0 Å². The van der Waals surface area contributed by atoms with Gasteiger partial charge in [-0.05, 0) is 17.7 Å². The predicted octanol–water partition coefficient (Wildman–Crippen LogP) is 5.68. The van der Waals surface area contributed by atoms with Gasteiger partial charge in [0.2, 0.25) is 0 Å². The summed E-state index contributed by atoms with van der Waals surface area (Å²) >= 11 is 0. The minimum atomic E-state index is -6.27. The topological polar surface area (TPSA) is 29.5 Å². The van der Waals surface area contributed by atoms with Gasteiger partial charge in [0, 0.05) is 5.56 Å². The molecule has 2 aromatic rings. The number of hydrogen-bond donors (Lipinski definition) is 1. The Hall–Kier alpha value is -2.62. The van der Waals surface area contributed by atoms with E-state index in [1.165, 1.54) is 24.3 Å². The summed E-state index contributed by atoms with van der Waals surface area (Å²) in [5.74, 6) is -7.23. The summed E-state index contributed by atoms with van der Waals surface area (Å²) < 4.78 is 109. The van der Waals surface area contributed by atoms with Crippen molar-refractivity contribution in [2.75, 3.05) is 0 Å². The van der Waals surface area contributed by atoms with E-state index in [1.807, 2.05) is 0 Å². The zero-order chi connectivity index (χ0) is 21.2. The van der Waals surface area contributed by atoms with Gasteiger partial charge in [0.25, 0.3) is 0 Å². The standard InChI is InChI=1S/C18H12F8O2/c19-16(20,17(21,22)23)15(27,11-10-12-6-2-1-3-7-12)13-8-4-5-9-14(13)28-18(24,25)26/h1-11,27H/b11-10+. The van der Waals surface area contributed by atoms with Crippen molar-refractivity contribution in [2.45, 2.75) is 24.1 Å². The molecular formula is C18H12F8O2. The molecule has 1 atom stereocenters. The fourth-order valence-electron chi connectivity index (χ4n) is 2.36. The maximum Gasteiger partial charge on any atom is 0.573 e. The zero-order valence-electron chi connectivity index (χ0n) is 13.7. The molecule has 0 aliphatic heterocycles. The number of rotatable bonds is 5. The van der Waals surface area contributed by atoms with Crippen molar-refractivity contribution in [2.24, 2.45) is 0 Å². The van der Waals surface area contributed by atoms with Crippen LogP contribution in [0.15, 0.2) is 60.7 Å². The highest BCUT2D eigenvalue weighted by Crippen LogP contribution is 2.51. The smallest absolute Gasteiger partial charge is 0.405 e. The Morgan fingerprint density at radius 3 is 1.82 bits per heavy atom. The molecule has 0 heterocycles. The van der Waals surface area contributed by atoms with Crippen LogP contribution in [0.5, 0.6) is 5.75 Å². The van der Waals surface area contributed by atoms with Crippen LogP contribution < -0.4 is 4.74 Å². The highest BCUT2D eigenvalue weighted by Gasteiger charge is 2.70. The Bertz CT molecular complexity index is 827. The molecule has 10 heteroatoms. The van der Waals surface area contributed by atoms with Crippen molar-refractivity contribution in [3.8, 4) is 5.75 Å². The molecule has 1 N–H and O–H groups in total. The average Bonchev–Trinajstić information content (AvgIpc) is 2.58. The van der Waals surface area contributed by atoms with E-state index in [4.69, 9.17) is 0 Å². The van der Waals surface area contributed by atoms with E-state index in [-0.39, 0.29) is 11.6 Å². The van der Waals surface area contributed by atoms with Gasteiger partial charge in [-0.2, -0.15) is 22.0 Å². The zero-order valence-corrected chi connectivity index (χ0v) is 13.7. The molecular weight excluding hydrogens is 400 g/mol. The van der Waals surface area contributed by atoms with Gasteiger partial charge in [-0.3, -0.25) is 0 Å². The minimum absolute atomic E-state index is 0.0917. The molecule has 0 bridgehead atoms. The quantitative estimate of drug-likeness (QED) is 0.640. The first-order valence-electron chi connectivity index (χ1n) is 7.54. The first-order chi connectivity index (χ1) is 12.8. The van der Waals surface area contributed by atoms with Gasteiger partial charge >= 0.3 is 18.5 Å². The summed E-state index contributed by atoms with van der Waals surface area (Å²) in [5.41, 5.74) is -5.45. The number of benzene rings is 2. The van der Waals surface area contributed by atoms with Gasteiger partial charge in [-0.15, -0.1) is 13.2 Å². The molecule has 0 aromatic heterocycles. The first-order valence-corrected chi connectivity index (χ1v) is 7.54. The Morgan fingerprint density at radius 1 is 0.750 bits per heavy atom. The number of para-hydroxylation sites is 1. The van der Waals surface area contributed by atoms with Crippen LogP contribution in [-0.4, -0.2) is 23.6 Å². The molecule has 2 nitrogen and oxygen atoms in total. The van der Waals surface area contributed by atoms with E-state index in [0.29, 0.717) is 12.1 Å². The van der Waals surface area contributed by atoms with Gasteiger partial charge in [0.1, 0.15) is 5.75 Å².